The molecule has 1 amide bonds. The Hall–Kier alpha value is -1.26. The number of halogens is 2. The summed E-state index contributed by atoms with van der Waals surface area (Å²) >= 11 is 12.0. The molecule has 0 heterocycles. The molecule has 1 unspecified atom stereocenters. The summed E-state index contributed by atoms with van der Waals surface area (Å²) in [7, 11) is 1.65. The van der Waals surface area contributed by atoms with Gasteiger partial charge < -0.3 is 4.74 Å². The number of carbonyl (C=O) groups is 1. The maximum atomic E-state index is 12.2. The smallest absolute Gasteiger partial charge is 0.249 e. The summed E-state index contributed by atoms with van der Waals surface area (Å²) in [5.41, 5.74) is 5.02. The number of benzene rings is 1. The van der Waals surface area contributed by atoms with Gasteiger partial charge in [-0.25, -0.2) is 5.43 Å². The van der Waals surface area contributed by atoms with Crippen LogP contribution in [-0.4, -0.2) is 23.1 Å². The van der Waals surface area contributed by atoms with Crippen LogP contribution in [0.1, 0.15) is 37.3 Å². The molecular weight excluding hydrogens is 323 g/mol. The number of alkyl halides is 2. The van der Waals surface area contributed by atoms with Crippen molar-refractivity contribution in [2.75, 3.05) is 7.11 Å². The van der Waals surface area contributed by atoms with Crippen LogP contribution in [0.25, 0.3) is 0 Å². The van der Waals surface area contributed by atoms with Crippen molar-refractivity contribution >= 4 is 34.8 Å². The Morgan fingerprint density at radius 3 is 2.73 bits per heavy atom. The number of hydrogen-bond donors (Lipinski definition) is 1. The first-order valence-electron chi connectivity index (χ1n) is 7.29. The van der Waals surface area contributed by atoms with Crippen LogP contribution in [0.3, 0.4) is 0 Å². The van der Waals surface area contributed by atoms with Gasteiger partial charge in [0.1, 0.15) is 10.1 Å². The van der Waals surface area contributed by atoms with E-state index in [2.05, 4.69) is 10.5 Å². The molecule has 1 aromatic carbocycles. The van der Waals surface area contributed by atoms with Crippen LogP contribution in [0, 0.1) is 5.41 Å². The number of nitrogens with one attached hydrogen (secondary N) is 1. The molecule has 1 saturated carbocycles. The van der Waals surface area contributed by atoms with Gasteiger partial charge in [0.15, 0.2) is 0 Å². The first-order valence-corrected chi connectivity index (χ1v) is 8.05. The number of hydrazone groups is 1. The highest BCUT2D eigenvalue weighted by Crippen LogP contribution is 2.63. The Morgan fingerprint density at radius 1 is 1.36 bits per heavy atom. The fourth-order valence-corrected chi connectivity index (χ4v) is 3.48. The number of rotatable bonds is 3. The number of ether oxygens (including phenoxy) is 1. The standard InChI is InChI=1S/C16H18Cl2N2O2/c1-15(9-16(15,17)18)14(21)20-19-13-5-3-4-10-8-11(22-2)6-7-12(10)13/h6-8H,3-5,9H2,1-2H3,(H,20,21)/b19-13+. The Labute approximate surface area is 139 Å². The summed E-state index contributed by atoms with van der Waals surface area (Å²) in [5, 5.41) is 4.31. The van der Waals surface area contributed by atoms with E-state index in [1.165, 1.54) is 5.56 Å². The monoisotopic (exact) mass is 340 g/mol. The second-order valence-electron chi connectivity index (χ2n) is 6.09. The van der Waals surface area contributed by atoms with E-state index in [0.29, 0.717) is 6.42 Å². The highest BCUT2D eigenvalue weighted by Gasteiger charge is 2.68. The molecule has 3 rings (SSSR count). The molecule has 1 N–H and O–H groups in total. The highest BCUT2D eigenvalue weighted by atomic mass is 35.5. The molecule has 2 aliphatic rings. The molecule has 2 aliphatic carbocycles. The minimum atomic E-state index is -0.977. The van der Waals surface area contributed by atoms with E-state index in [1.807, 2.05) is 18.2 Å². The number of aryl methyl sites for hydroxylation is 1. The van der Waals surface area contributed by atoms with Gasteiger partial charge in [-0.2, -0.15) is 5.10 Å². The highest BCUT2D eigenvalue weighted by molar-refractivity contribution is 6.53. The molecule has 0 spiro atoms. The van der Waals surface area contributed by atoms with Crippen molar-refractivity contribution in [1.29, 1.82) is 0 Å². The molecule has 4 nitrogen and oxygen atoms in total. The maximum Gasteiger partial charge on any atom is 0.249 e. The average molecular weight is 341 g/mol. The lowest BCUT2D eigenvalue weighted by Gasteiger charge is -2.19. The molecule has 0 aromatic heterocycles. The Balaban J connectivity index is 1.78. The molecule has 1 aromatic rings. The summed E-state index contributed by atoms with van der Waals surface area (Å²) in [4.78, 5) is 12.2. The molecule has 1 fully saturated rings. The predicted molar refractivity (Wildman–Crippen MR) is 87.8 cm³/mol. The van der Waals surface area contributed by atoms with Crippen molar-refractivity contribution in [1.82, 2.24) is 5.43 Å². The lowest BCUT2D eigenvalue weighted by molar-refractivity contribution is -0.125. The van der Waals surface area contributed by atoms with Crippen LogP contribution < -0.4 is 10.2 Å². The zero-order valence-electron chi connectivity index (χ0n) is 12.6. The average Bonchev–Trinajstić information content (AvgIpc) is 3.03. The van der Waals surface area contributed by atoms with Crippen molar-refractivity contribution in [3.05, 3.63) is 29.3 Å². The molecule has 0 saturated heterocycles. The Kier molecular flexibility index (Phi) is 3.86. The van der Waals surface area contributed by atoms with Crippen LogP contribution >= 0.6 is 23.2 Å². The number of hydrogen-bond acceptors (Lipinski definition) is 3. The zero-order valence-corrected chi connectivity index (χ0v) is 14.1. The SMILES string of the molecule is COc1ccc2c(c1)CCC/C2=N\NC(=O)C1(C)CC1(Cl)Cl. The van der Waals surface area contributed by atoms with E-state index in [-0.39, 0.29) is 5.91 Å². The Morgan fingerprint density at radius 2 is 2.09 bits per heavy atom. The third-order valence-corrected chi connectivity index (χ3v) is 5.64. The molecule has 0 radical (unpaired) electrons. The molecule has 118 valence electrons. The van der Waals surface area contributed by atoms with Crippen molar-refractivity contribution in [3.8, 4) is 5.75 Å². The van der Waals surface area contributed by atoms with E-state index >= 15 is 0 Å². The molecule has 0 bridgehead atoms. The second-order valence-corrected chi connectivity index (χ2v) is 7.57. The number of methoxy groups -OCH3 is 1. The Bertz CT molecular complexity index is 658. The molecule has 0 aliphatic heterocycles. The summed E-state index contributed by atoms with van der Waals surface area (Å²) in [5.74, 6) is 0.606. The van der Waals surface area contributed by atoms with Crippen molar-refractivity contribution < 1.29 is 9.53 Å². The van der Waals surface area contributed by atoms with Crippen LogP contribution in [0.15, 0.2) is 23.3 Å². The van der Waals surface area contributed by atoms with Gasteiger partial charge in [-0.3, -0.25) is 4.79 Å². The minimum absolute atomic E-state index is 0.231. The van der Waals surface area contributed by atoms with Gasteiger partial charge in [0, 0.05) is 5.56 Å². The molecule has 6 heteroatoms. The van der Waals surface area contributed by atoms with Gasteiger partial charge in [-0.05, 0) is 56.4 Å². The van der Waals surface area contributed by atoms with Crippen molar-refractivity contribution in [3.63, 3.8) is 0 Å². The third-order valence-electron chi connectivity index (χ3n) is 4.53. The maximum absolute atomic E-state index is 12.2. The zero-order chi connectivity index (χ0) is 16.0. The number of nitrogens with zero attached hydrogens (tertiary/aromatic N) is 1. The van der Waals surface area contributed by atoms with Gasteiger partial charge in [0.2, 0.25) is 5.91 Å². The predicted octanol–water partition coefficient (Wildman–Crippen LogP) is 3.44. The van der Waals surface area contributed by atoms with Gasteiger partial charge in [-0.1, -0.05) is 0 Å². The van der Waals surface area contributed by atoms with Gasteiger partial charge in [0.25, 0.3) is 0 Å². The minimum Gasteiger partial charge on any atom is -0.497 e. The third kappa shape index (κ3) is 2.59. The van der Waals surface area contributed by atoms with E-state index in [1.54, 1.807) is 14.0 Å². The first-order chi connectivity index (χ1) is 10.4. The first kappa shape index (κ1) is 15.6. The van der Waals surface area contributed by atoms with Gasteiger partial charge in [-0.15, -0.1) is 23.2 Å². The number of amides is 1. The molecule has 22 heavy (non-hydrogen) atoms. The molecule has 1 atom stereocenters. The van der Waals surface area contributed by atoms with Crippen LogP contribution in [0.5, 0.6) is 5.75 Å². The van der Waals surface area contributed by atoms with E-state index in [4.69, 9.17) is 27.9 Å². The number of fused-ring (bicyclic) bond motifs is 1. The topological polar surface area (TPSA) is 50.7 Å². The summed E-state index contributed by atoms with van der Waals surface area (Å²) < 4.78 is 4.27. The lowest BCUT2D eigenvalue weighted by Crippen LogP contribution is -2.31. The van der Waals surface area contributed by atoms with Crippen molar-refractivity contribution in [2.45, 2.75) is 36.9 Å². The summed E-state index contributed by atoms with van der Waals surface area (Å²) in [6.07, 6.45) is 3.28. The summed E-state index contributed by atoms with van der Waals surface area (Å²) in [6, 6.07) is 5.92. The van der Waals surface area contributed by atoms with Gasteiger partial charge in [0.05, 0.1) is 18.2 Å². The lowest BCUT2D eigenvalue weighted by atomic mass is 9.90. The van der Waals surface area contributed by atoms with Crippen molar-refractivity contribution in [2.24, 2.45) is 10.5 Å². The summed E-state index contributed by atoms with van der Waals surface area (Å²) in [6.45, 7) is 1.75. The fourth-order valence-electron chi connectivity index (χ4n) is 2.77. The van der Waals surface area contributed by atoms with E-state index in [9.17, 15) is 4.79 Å². The molecular formula is C16H18Cl2N2O2. The fraction of sp³-hybridized carbons (Fsp3) is 0.500. The normalized spacial score (nSPS) is 27.2. The van der Waals surface area contributed by atoms with Gasteiger partial charge >= 0.3 is 0 Å². The largest absolute Gasteiger partial charge is 0.497 e. The van der Waals surface area contributed by atoms with Crippen LogP contribution in [0.4, 0.5) is 0 Å². The van der Waals surface area contributed by atoms with Crippen LogP contribution in [-0.2, 0) is 11.2 Å². The number of carbonyl (C=O) groups excluding carboxylic acids is 1. The second kappa shape index (κ2) is 5.43. The van der Waals surface area contributed by atoms with Crippen LogP contribution in [0.2, 0.25) is 0 Å². The quantitative estimate of drug-likeness (QED) is 0.676. The van der Waals surface area contributed by atoms with E-state index in [0.717, 1.165) is 36.3 Å². The van der Waals surface area contributed by atoms with E-state index < -0.39 is 9.75 Å².